The number of hydrogen-bond donors (Lipinski definition) is 1. The molecule has 1 saturated heterocycles. The van der Waals surface area contributed by atoms with Crippen LogP contribution >= 0.6 is 15.9 Å². The molecule has 0 unspecified atom stereocenters. The Morgan fingerprint density at radius 3 is 2.54 bits per heavy atom. The van der Waals surface area contributed by atoms with Crippen LogP contribution in [0.15, 0.2) is 40.9 Å². The first-order valence-electron chi connectivity index (χ1n) is 9.57. The van der Waals surface area contributed by atoms with E-state index in [1.165, 1.54) is 0 Å². The first-order chi connectivity index (χ1) is 13.4. The van der Waals surface area contributed by atoms with E-state index in [9.17, 15) is 4.79 Å². The highest BCUT2D eigenvalue weighted by Gasteiger charge is 2.18. The highest BCUT2D eigenvalue weighted by molar-refractivity contribution is 9.10. The molecule has 0 spiro atoms. The SMILES string of the molecule is COc1cc(Br)cc([C@@H](C)NC(=O)c2cc(N3CCN(C)CC3)ccc2C)c1. The number of hydrogen-bond acceptors (Lipinski definition) is 4. The zero-order chi connectivity index (χ0) is 20.3. The second-order valence-corrected chi connectivity index (χ2v) is 8.32. The Morgan fingerprint density at radius 1 is 1.14 bits per heavy atom. The first kappa shape index (κ1) is 20.7. The maximum Gasteiger partial charge on any atom is 0.252 e. The van der Waals surface area contributed by atoms with Crippen molar-refractivity contribution in [2.24, 2.45) is 0 Å². The lowest BCUT2D eigenvalue weighted by Gasteiger charge is -2.34. The van der Waals surface area contributed by atoms with Gasteiger partial charge in [0.25, 0.3) is 5.91 Å². The normalized spacial score (nSPS) is 16.0. The molecule has 28 heavy (non-hydrogen) atoms. The Labute approximate surface area is 175 Å². The standard InChI is InChI=1S/C22H28BrN3O2/c1-15-5-6-19(26-9-7-25(3)8-10-26)14-21(15)22(27)24-16(2)17-11-18(23)13-20(12-17)28-4/h5-6,11-14,16H,7-10H2,1-4H3,(H,24,27)/t16-/m1/s1. The van der Waals surface area contributed by atoms with Crippen LogP contribution in [0.2, 0.25) is 0 Å². The fourth-order valence-electron chi connectivity index (χ4n) is 3.43. The zero-order valence-corrected chi connectivity index (χ0v) is 18.5. The third-order valence-corrected chi connectivity index (χ3v) is 5.77. The van der Waals surface area contributed by atoms with E-state index in [2.05, 4.69) is 44.2 Å². The number of methoxy groups -OCH3 is 1. The number of halogens is 1. The third-order valence-electron chi connectivity index (χ3n) is 5.31. The number of carbonyl (C=O) groups is 1. The molecule has 6 heteroatoms. The summed E-state index contributed by atoms with van der Waals surface area (Å²) in [4.78, 5) is 17.7. The highest BCUT2D eigenvalue weighted by atomic mass is 79.9. The topological polar surface area (TPSA) is 44.8 Å². The number of anilines is 1. The lowest BCUT2D eigenvalue weighted by atomic mass is 10.0. The molecule has 5 nitrogen and oxygen atoms in total. The van der Waals surface area contributed by atoms with Crippen molar-refractivity contribution >= 4 is 27.5 Å². The summed E-state index contributed by atoms with van der Waals surface area (Å²) >= 11 is 3.50. The fourth-order valence-corrected chi connectivity index (χ4v) is 3.92. The number of aryl methyl sites for hydroxylation is 1. The van der Waals surface area contributed by atoms with Crippen LogP contribution in [-0.4, -0.2) is 51.1 Å². The Bertz CT molecular complexity index is 848. The minimum Gasteiger partial charge on any atom is -0.497 e. The molecule has 1 atom stereocenters. The van der Waals surface area contributed by atoms with Crippen molar-refractivity contribution in [3.63, 3.8) is 0 Å². The summed E-state index contributed by atoms with van der Waals surface area (Å²) in [5.74, 6) is 0.707. The molecule has 2 aromatic rings. The fraction of sp³-hybridized carbons (Fsp3) is 0.409. The molecule has 3 rings (SSSR count). The Hall–Kier alpha value is -2.05. The van der Waals surface area contributed by atoms with Crippen molar-refractivity contribution < 1.29 is 9.53 Å². The van der Waals surface area contributed by atoms with Gasteiger partial charge < -0.3 is 19.9 Å². The molecular weight excluding hydrogens is 418 g/mol. The van der Waals surface area contributed by atoms with Crippen molar-refractivity contribution in [1.29, 1.82) is 0 Å². The first-order valence-corrected chi connectivity index (χ1v) is 10.4. The molecule has 0 aromatic heterocycles. The van der Waals surface area contributed by atoms with Crippen LogP contribution in [-0.2, 0) is 0 Å². The van der Waals surface area contributed by atoms with Gasteiger partial charge in [0.05, 0.1) is 13.2 Å². The average Bonchev–Trinajstić information content (AvgIpc) is 2.68. The van der Waals surface area contributed by atoms with Crippen molar-refractivity contribution in [2.75, 3.05) is 45.2 Å². The number of nitrogens with one attached hydrogen (secondary N) is 1. The van der Waals surface area contributed by atoms with Crippen LogP contribution in [0, 0.1) is 6.92 Å². The van der Waals surface area contributed by atoms with E-state index in [1.54, 1.807) is 7.11 Å². The lowest BCUT2D eigenvalue weighted by Crippen LogP contribution is -2.44. The predicted molar refractivity (Wildman–Crippen MR) is 117 cm³/mol. The molecule has 2 aromatic carbocycles. The lowest BCUT2D eigenvalue weighted by molar-refractivity contribution is 0.0939. The van der Waals surface area contributed by atoms with Crippen LogP contribution in [0.3, 0.4) is 0 Å². The van der Waals surface area contributed by atoms with Gasteiger partial charge >= 0.3 is 0 Å². The van der Waals surface area contributed by atoms with Gasteiger partial charge in [-0.3, -0.25) is 4.79 Å². The van der Waals surface area contributed by atoms with Crippen LogP contribution in [0.4, 0.5) is 5.69 Å². The Balaban J connectivity index is 1.76. The van der Waals surface area contributed by atoms with Crippen LogP contribution in [0.5, 0.6) is 5.75 Å². The number of benzene rings is 2. The third kappa shape index (κ3) is 4.86. The van der Waals surface area contributed by atoms with Gasteiger partial charge in [-0.1, -0.05) is 22.0 Å². The number of piperazine rings is 1. The van der Waals surface area contributed by atoms with Crippen molar-refractivity contribution in [3.05, 3.63) is 57.6 Å². The molecule has 0 radical (unpaired) electrons. The molecule has 1 fully saturated rings. The van der Waals surface area contributed by atoms with E-state index in [1.807, 2.05) is 44.2 Å². The number of ether oxygens (including phenoxy) is 1. The molecule has 0 aliphatic carbocycles. The second-order valence-electron chi connectivity index (χ2n) is 7.41. The molecule has 1 aliphatic heterocycles. The largest absolute Gasteiger partial charge is 0.497 e. The van der Waals surface area contributed by atoms with Crippen molar-refractivity contribution in [3.8, 4) is 5.75 Å². The quantitative estimate of drug-likeness (QED) is 0.754. The van der Waals surface area contributed by atoms with Gasteiger partial charge in [0.15, 0.2) is 0 Å². The van der Waals surface area contributed by atoms with Gasteiger partial charge in [0.2, 0.25) is 0 Å². The van der Waals surface area contributed by atoms with Gasteiger partial charge in [0, 0.05) is 41.9 Å². The summed E-state index contributed by atoms with van der Waals surface area (Å²) in [6.07, 6.45) is 0. The van der Waals surface area contributed by atoms with Gasteiger partial charge in [-0.05, 0) is 62.4 Å². The Morgan fingerprint density at radius 2 is 1.86 bits per heavy atom. The summed E-state index contributed by atoms with van der Waals surface area (Å²) in [5.41, 5.74) is 3.81. The van der Waals surface area contributed by atoms with E-state index < -0.39 is 0 Å². The van der Waals surface area contributed by atoms with E-state index in [4.69, 9.17) is 4.74 Å². The number of rotatable bonds is 5. The molecule has 0 bridgehead atoms. The molecule has 0 saturated carbocycles. The zero-order valence-electron chi connectivity index (χ0n) is 17.0. The Kier molecular flexibility index (Phi) is 6.62. The van der Waals surface area contributed by atoms with E-state index in [0.29, 0.717) is 0 Å². The number of amides is 1. The summed E-state index contributed by atoms with van der Waals surface area (Å²) in [5, 5.41) is 3.13. The van der Waals surface area contributed by atoms with E-state index >= 15 is 0 Å². The van der Waals surface area contributed by atoms with Crippen molar-refractivity contribution in [1.82, 2.24) is 10.2 Å². The molecule has 150 valence electrons. The van der Waals surface area contributed by atoms with Crippen molar-refractivity contribution in [2.45, 2.75) is 19.9 Å². The second kappa shape index (κ2) is 8.97. The summed E-state index contributed by atoms with van der Waals surface area (Å²) < 4.78 is 6.26. The minimum absolute atomic E-state index is 0.0556. The number of likely N-dealkylation sites (N-methyl/N-ethyl adjacent to an activating group) is 1. The molecule has 1 aliphatic rings. The van der Waals surface area contributed by atoms with Gasteiger partial charge in [-0.25, -0.2) is 0 Å². The van der Waals surface area contributed by atoms with Gasteiger partial charge in [-0.15, -0.1) is 0 Å². The van der Waals surface area contributed by atoms with Crippen LogP contribution in [0.25, 0.3) is 0 Å². The summed E-state index contributed by atoms with van der Waals surface area (Å²) in [6, 6.07) is 11.9. The molecular formula is C22H28BrN3O2. The number of carbonyl (C=O) groups excluding carboxylic acids is 1. The maximum atomic E-state index is 13.0. The number of nitrogens with zero attached hydrogens (tertiary/aromatic N) is 2. The smallest absolute Gasteiger partial charge is 0.252 e. The maximum absolute atomic E-state index is 13.0. The summed E-state index contributed by atoms with van der Waals surface area (Å²) in [7, 11) is 3.78. The molecule has 1 amide bonds. The van der Waals surface area contributed by atoms with E-state index in [0.717, 1.165) is 58.8 Å². The summed E-state index contributed by atoms with van der Waals surface area (Å²) in [6.45, 7) is 8.01. The highest BCUT2D eigenvalue weighted by Crippen LogP contribution is 2.26. The monoisotopic (exact) mass is 445 g/mol. The van der Waals surface area contributed by atoms with Crippen LogP contribution < -0.4 is 15.0 Å². The van der Waals surface area contributed by atoms with Crippen LogP contribution in [0.1, 0.15) is 34.5 Å². The minimum atomic E-state index is -0.134. The average molecular weight is 446 g/mol. The van der Waals surface area contributed by atoms with Gasteiger partial charge in [-0.2, -0.15) is 0 Å². The van der Waals surface area contributed by atoms with Gasteiger partial charge in [0.1, 0.15) is 5.75 Å². The van der Waals surface area contributed by atoms with E-state index in [-0.39, 0.29) is 11.9 Å². The molecule has 1 heterocycles. The predicted octanol–water partition coefficient (Wildman–Crippen LogP) is 4.01. The molecule has 1 N–H and O–H groups in total.